The van der Waals surface area contributed by atoms with Gasteiger partial charge >= 0.3 is 5.97 Å². The molecule has 82 valence electrons. The predicted octanol–water partition coefficient (Wildman–Crippen LogP) is 1.86. The lowest BCUT2D eigenvalue weighted by Crippen LogP contribution is -2.05. The van der Waals surface area contributed by atoms with Crippen LogP contribution in [0.5, 0.6) is 0 Å². The number of sulfone groups is 1. The Bertz CT molecular complexity index is 519. The second-order valence-corrected chi connectivity index (χ2v) is 6.01. The van der Waals surface area contributed by atoms with E-state index in [9.17, 15) is 13.2 Å². The molecule has 4 nitrogen and oxygen atoms in total. The quantitative estimate of drug-likeness (QED) is 0.903. The van der Waals surface area contributed by atoms with Crippen LogP contribution >= 0.6 is 15.9 Å². The second kappa shape index (κ2) is 3.94. The lowest BCUT2D eigenvalue weighted by molar-refractivity contribution is 0.0695. The van der Waals surface area contributed by atoms with Gasteiger partial charge in [0.15, 0.2) is 9.84 Å². The minimum absolute atomic E-state index is 0.0445. The van der Waals surface area contributed by atoms with Gasteiger partial charge in [-0.25, -0.2) is 13.2 Å². The molecule has 1 aromatic carbocycles. The van der Waals surface area contributed by atoms with E-state index in [0.29, 0.717) is 10.0 Å². The molecule has 0 fully saturated rings. The van der Waals surface area contributed by atoms with Gasteiger partial charge in [-0.15, -0.1) is 0 Å². The van der Waals surface area contributed by atoms with Crippen molar-refractivity contribution in [2.75, 3.05) is 6.26 Å². The number of aromatic carboxylic acids is 1. The molecule has 0 aliphatic heterocycles. The summed E-state index contributed by atoms with van der Waals surface area (Å²) in [5.74, 6) is -1.16. The zero-order chi connectivity index (χ0) is 11.8. The van der Waals surface area contributed by atoms with Gasteiger partial charge in [-0.3, -0.25) is 0 Å². The SMILES string of the molecule is Cc1cc(Br)c(C(=O)O)cc1S(C)(=O)=O. The highest BCUT2D eigenvalue weighted by atomic mass is 79.9. The van der Waals surface area contributed by atoms with Crippen molar-refractivity contribution in [3.63, 3.8) is 0 Å². The van der Waals surface area contributed by atoms with Gasteiger partial charge < -0.3 is 5.11 Å². The molecule has 0 heterocycles. The Balaban J connectivity index is 3.58. The van der Waals surface area contributed by atoms with Gasteiger partial charge in [-0.2, -0.15) is 0 Å². The normalized spacial score (nSPS) is 11.4. The monoisotopic (exact) mass is 292 g/mol. The number of carboxylic acid groups (broad SMARTS) is 1. The molecule has 1 rings (SSSR count). The predicted molar refractivity (Wildman–Crippen MR) is 58.9 cm³/mol. The number of aryl methyl sites for hydroxylation is 1. The molecule has 0 unspecified atom stereocenters. The van der Waals surface area contributed by atoms with Crippen LogP contribution in [0, 0.1) is 6.92 Å². The maximum atomic E-state index is 11.3. The Hall–Kier alpha value is -0.880. The van der Waals surface area contributed by atoms with Crippen LogP contribution in [0.3, 0.4) is 0 Å². The molecule has 0 saturated carbocycles. The van der Waals surface area contributed by atoms with E-state index in [1.165, 1.54) is 6.07 Å². The number of benzene rings is 1. The van der Waals surface area contributed by atoms with E-state index in [2.05, 4.69) is 15.9 Å². The van der Waals surface area contributed by atoms with E-state index in [0.717, 1.165) is 12.3 Å². The third kappa shape index (κ3) is 2.57. The molecule has 6 heteroatoms. The smallest absolute Gasteiger partial charge is 0.336 e. The van der Waals surface area contributed by atoms with E-state index in [1.807, 2.05) is 0 Å². The van der Waals surface area contributed by atoms with E-state index in [-0.39, 0.29) is 10.5 Å². The largest absolute Gasteiger partial charge is 0.478 e. The molecule has 1 N–H and O–H groups in total. The van der Waals surface area contributed by atoms with Crippen LogP contribution in [-0.4, -0.2) is 25.7 Å². The lowest BCUT2D eigenvalue weighted by atomic mass is 10.1. The van der Waals surface area contributed by atoms with Gasteiger partial charge in [0.2, 0.25) is 0 Å². The third-order valence-electron chi connectivity index (χ3n) is 1.89. The minimum atomic E-state index is -3.39. The van der Waals surface area contributed by atoms with Crippen molar-refractivity contribution >= 4 is 31.7 Å². The van der Waals surface area contributed by atoms with Crippen molar-refractivity contribution in [1.82, 2.24) is 0 Å². The Kier molecular flexibility index (Phi) is 3.20. The second-order valence-electron chi connectivity index (χ2n) is 3.17. The molecule has 0 saturated heterocycles. The number of halogens is 1. The zero-order valence-electron chi connectivity index (χ0n) is 8.11. The number of carboxylic acids is 1. The molecular formula is C9H9BrO4S. The van der Waals surface area contributed by atoms with Crippen molar-refractivity contribution < 1.29 is 18.3 Å². The van der Waals surface area contributed by atoms with Gasteiger partial charge in [-0.05, 0) is 40.5 Å². The molecule has 1 aromatic rings. The van der Waals surface area contributed by atoms with Crippen LogP contribution in [0.15, 0.2) is 21.5 Å². The maximum absolute atomic E-state index is 11.3. The molecule has 0 amide bonds. The fourth-order valence-corrected chi connectivity index (χ4v) is 2.82. The fourth-order valence-electron chi connectivity index (χ4n) is 1.22. The highest BCUT2D eigenvalue weighted by Gasteiger charge is 2.17. The summed E-state index contributed by atoms with van der Waals surface area (Å²) in [6, 6.07) is 2.65. The van der Waals surface area contributed by atoms with Crippen LogP contribution in [0.1, 0.15) is 15.9 Å². The van der Waals surface area contributed by atoms with Crippen molar-refractivity contribution in [2.24, 2.45) is 0 Å². The van der Waals surface area contributed by atoms with Crippen LogP contribution in [0.25, 0.3) is 0 Å². The number of hydrogen-bond donors (Lipinski definition) is 1. The van der Waals surface area contributed by atoms with Gasteiger partial charge in [0.25, 0.3) is 0 Å². The Morgan fingerprint density at radius 1 is 1.40 bits per heavy atom. The van der Waals surface area contributed by atoms with Crippen molar-refractivity contribution in [3.8, 4) is 0 Å². The summed E-state index contributed by atoms with van der Waals surface area (Å²) in [5, 5.41) is 8.82. The molecule has 0 aromatic heterocycles. The highest BCUT2D eigenvalue weighted by molar-refractivity contribution is 9.10. The van der Waals surface area contributed by atoms with E-state index in [4.69, 9.17) is 5.11 Å². The summed E-state index contributed by atoms with van der Waals surface area (Å²) in [7, 11) is -3.39. The highest BCUT2D eigenvalue weighted by Crippen LogP contribution is 2.24. The van der Waals surface area contributed by atoms with Crippen LogP contribution in [-0.2, 0) is 9.84 Å². The molecular weight excluding hydrogens is 284 g/mol. The lowest BCUT2D eigenvalue weighted by Gasteiger charge is -2.06. The summed E-state index contributed by atoms with van der Waals surface area (Å²) < 4.78 is 23.0. The molecule has 0 aliphatic rings. The summed E-state index contributed by atoms with van der Waals surface area (Å²) >= 11 is 3.07. The first-order chi connectivity index (χ1) is 6.73. The molecule has 0 aliphatic carbocycles. The number of hydrogen-bond acceptors (Lipinski definition) is 3. The maximum Gasteiger partial charge on any atom is 0.336 e. The first-order valence-electron chi connectivity index (χ1n) is 3.97. The Morgan fingerprint density at radius 2 is 1.93 bits per heavy atom. The average molecular weight is 293 g/mol. The first kappa shape index (κ1) is 12.2. The molecule has 15 heavy (non-hydrogen) atoms. The van der Waals surface area contributed by atoms with Crippen LogP contribution < -0.4 is 0 Å². The van der Waals surface area contributed by atoms with E-state index in [1.54, 1.807) is 6.92 Å². The summed E-state index contributed by atoms with van der Waals surface area (Å²) in [6.07, 6.45) is 1.05. The molecule has 0 spiro atoms. The fraction of sp³-hybridized carbons (Fsp3) is 0.222. The molecule has 0 radical (unpaired) electrons. The topological polar surface area (TPSA) is 71.4 Å². The number of rotatable bonds is 2. The Morgan fingerprint density at radius 3 is 2.33 bits per heavy atom. The average Bonchev–Trinajstić information content (AvgIpc) is 2.00. The van der Waals surface area contributed by atoms with E-state index >= 15 is 0 Å². The van der Waals surface area contributed by atoms with Gasteiger partial charge in [0.1, 0.15) is 0 Å². The third-order valence-corrected chi connectivity index (χ3v) is 3.79. The standard InChI is InChI=1S/C9H9BrO4S/c1-5-3-7(10)6(9(11)12)4-8(5)15(2,13)14/h3-4H,1-2H3,(H,11,12). The summed E-state index contributed by atoms with van der Waals surface area (Å²) in [6.45, 7) is 1.62. The first-order valence-corrected chi connectivity index (χ1v) is 6.65. The summed E-state index contributed by atoms with van der Waals surface area (Å²) in [4.78, 5) is 10.8. The number of carbonyl (C=O) groups is 1. The van der Waals surface area contributed by atoms with Crippen molar-refractivity contribution in [1.29, 1.82) is 0 Å². The van der Waals surface area contributed by atoms with E-state index < -0.39 is 15.8 Å². The zero-order valence-corrected chi connectivity index (χ0v) is 10.5. The van der Waals surface area contributed by atoms with Crippen LogP contribution in [0.4, 0.5) is 0 Å². The van der Waals surface area contributed by atoms with Crippen molar-refractivity contribution in [2.45, 2.75) is 11.8 Å². The van der Waals surface area contributed by atoms with Gasteiger partial charge in [0.05, 0.1) is 10.5 Å². The van der Waals surface area contributed by atoms with Gasteiger partial charge in [-0.1, -0.05) is 0 Å². The molecule has 0 atom stereocenters. The van der Waals surface area contributed by atoms with Crippen molar-refractivity contribution in [3.05, 3.63) is 27.7 Å². The van der Waals surface area contributed by atoms with Gasteiger partial charge in [0, 0.05) is 10.7 Å². The Labute approximate surface area is 96.0 Å². The van der Waals surface area contributed by atoms with Crippen LogP contribution in [0.2, 0.25) is 0 Å². The minimum Gasteiger partial charge on any atom is -0.478 e. The molecule has 0 bridgehead atoms. The summed E-state index contributed by atoms with van der Waals surface area (Å²) in [5.41, 5.74) is 0.468.